The van der Waals surface area contributed by atoms with Gasteiger partial charge in [0.05, 0.1) is 17.8 Å². The van der Waals surface area contributed by atoms with Crippen LogP contribution in [0.2, 0.25) is 0 Å². The number of carbonyl (C=O) groups excluding carboxylic acids is 1. The molecule has 3 aromatic rings. The van der Waals surface area contributed by atoms with Gasteiger partial charge in [0.15, 0.2) is 0 Å². The van der Waals surface area contributed by atoms with Gasteiger partial charge in [-0.15, -0.1) is 0 Å². The highest BCUT2D eigenvalue weighted by Gasteiger charge is 2.19. The number of likely N-dealkylation sites (N-methyl/N-ethyl adjacent to an activating group) is 1. The van der Waals surface area contributed by atoms with E-state index in [1.54, 1.807) is 23.0 Å². The molecule has 4 rings (SSSR count). The fourth-order valence-corrected chi connectivity index (χ4v) is 3.29. The summed E-state index contributed by atoms with van der Waals surface area (Å²) in [6.07, 6.45) is 4.47. The Morgan fingerprint density at radius 1 is 1.36 bits per heavy atom. The number of nitrogens with zero attached hydrogens (tertiary/aromatic N) is 5. The second-order valence-electron chi connectivity index (χ2n) is 7.02. The van der Waals surface area contributed by atoms with Gasteiger partial charge in [0.1, 0.15) is 18.7 Å². The maximum atomic E-state index is 12.5. The second kappa shape index (κ2) is 8.35. The summed E-state index contributed by atoms with van der Waals surface area (Å²) in [6, 6.07) is 9.81. The van der Waals surface area contributed by atoms with Crippen LogP contribution in [0.1, 0.15) is 18.0 Å². The molecule has 1 fully saturated rings. The topological polar surface area (TPSA) is 85.2 Å². The molecule has 2 aromatic heterocycles. The molecule has 8 nitrogen and oxygen atoms in total. The molecule has 1 aliphatic heterocycles. The van der Waals surface area contributed by atoms with Crippen molar-refractivity contribution in [1.29, 1.82) is 0 Å². The van der Waals surface area contributed by atoms with Crippen LogP contribution in [-0.4, -0.2) is 63.9 Å². The first kappa shape index (κ1) is 18.4. The minimum absolute atomic E-state index is 0.0149. The summed E-state index contributed by atoms with van der Waals surface area (Å²) in [6.45, 7) is 2.92. The Morgan fingerprint density at radius 2 is 2.25 bits per heavy atom. The fraction of sp³-hybridized carbons (Fsp3) is 0.400. The number of ether oxygens (including phenoxy) is 1. The predicted molar refractivity (Wildman–Crippen MR) is 106 cm³/mol. The van der Waals surface area contributed by atoms with Crippen molar-refractivity contribution >= 4 is 22.6 Å². The van der Waals surface area contributed by atoms with Crippen LogP contribution >= 0.6 is 0 Å². The van der Waals surface area contributed by atoms with Crippen molar-refractivity contribution in [2.75, 3.05) is 38.7 Å². The minimum atomic E-state index is 0.0149. The average molecular weight is 380 g/mol. The zero-order valence-electron chi connectivity index (χ0n) is 15.9. The monoisotopic (exact) mass is 380 g/mol. The van der Waals surface area contributed by atoms with E-state index in [0.717, 1.165) is 42.0 Å². The van der Waals surface area contributed by atoms with E-state index in [2.05, 4.69) is 20.4 Å². The Morgan fingerprint density at radius 3 is 3.07 bits per heavy atom. The number of fused-ring (bicyclic) bond motifs is 1. The first-order chi connectivity index (χ1) is 13.7. The van der Waals surface area contributed by atoms with E-state index in [0.29, 0.717) is 19.0 Å². The van der Waals surface area contributed by atoms with Crippen molar-refractivity contribution in [2.45, 2.75) is 18.9 Å². The first-order valence-corrected chi connectivity index (χ1v) is 9.49. The van der Waals surface area contributed by atoms with Gasteiger partial charge in [0.25, 0.3) is 0 Å². The van der Waals surface area contributed by atoms with Gasteiger partial charge >= 0.3 is 0 Å². The number of aromatic nitrogens is 4. The van der Waals surface area contributed by atoms with Crippen LogP contribution in [0.25, 0.3) is 10.9 Å². The number of hydrogen-bond acceptors (Lipinski definition) is 6. The van der Waals surface area contributed by atoms with Crippen LogP contribution < -0.4 is 5.32 Å². The third kappa shape index (κ3) is 4.28. The minimum Gasteiger partial charge on any atom is -0.381 e. The molecule has 0 spiro atoms. The lowest BCUT2D eigenvalue weighted by Gasteiger charge is -2.18. The Balaban J connectivity index is 1.27. The normalized spacial score (nSPS) is 16.4. The maximum Gasteiger partial charge on any atom is 0.244 e. The largest absolute Gasteiger partial charge is 0.381 e. The van der Waals surface area contributed by atoms with Crippen molar-refractivity contribution in [3.63, 3.8) is 0 Å². The summed E-state index contributed by atoms with van der Waals surface area (Å²) < 4.78 is 7.12. The number of hydrogen-bond donors (Lipinski definition) is 1. The molecule has 146 valence electrons. The predicted octanol–water partition coefficient (Wildman–Crippen LogP) is 1.90. The number of rotatable bonds is 7. The molecule has 1 saturated heterocycles. The van der Waals surface area contributed by atoms with Crippen LogP contribution in [-0.2, 0) is 16.1 Å². The van der Waals surface area contributed by atoms with Crippen molar-refractivity contribution in [2.24, 2.45) is 0 Å². The zero-order chi connectivity index (χ0) is 19.3. The summed E-state index contributed by atoms with van der Waals surface area (Å²) >= 11 is 0. The zero-order valence-corrected chi connectivity index (χ0v) is 15.9. The molecule has 8 heteroatoms. The van der Waals surface area contributed by atoms with E-state index in [4.69, 9.17) is 4.74 Å². The van der Waals surface area contributed by atoms with Crippen LogP contribution in [0, 0.1) is 0 Å². The number of nitrogens with one attached hydrogen (secondary N) is 1. The van der Waals surface area contributed by atoms with E-state index in [1.165, 1.54) is 0 Å². The van der Waals surface area contributed by atoms with Crippen LogP contribution in [0.5, 0.6) is 0 Å². The average Bonchev–Trinajstić information content (AvgIpc) is 3.37. The first-order valence-electron chi connectivity index (χ1n) is 9.49. The molecule has 1 unspecified atom stereocenters. The molecule has 0 radical (unpaired) electrons. The summed E-state index contributed by atoms with van der Waals surface area (Å²) in [5.74, 6) is 1.13. The Kier molecular flexibility index (Phi) is 5.48. The van der Waals surface area contributed by atoms with Gasteiger partial charge in [-0.05, 0) is 12.5 Å². The molecule has 1 aromatic carbocycles. The molecule has 0 bridgehead atoms. The van der Waals surface area contributed by atoms with E-state index >= 15 is 0 Å². The second-order valence-corrected chi connectivity index (χ2v) is 7.02. The lowest BCUT2D eigenvalue weighted by atomic mass is 10.1. The van der Waals surface area contributed by atoms with Crippen molar-refractivity contribution in [1.82, 2.24) is 24.6 Å². The van der Waals surface area contributed by atoms with Crippen LogP contribution in [0.4, 0.5) is 5.82 Å². The summed E-state index contributed by atoms with van der Waals surface area (Å²) in [5.41, 5.74) is 1.90. The van der Waals surface area contributed by atoms with Gasteiger partial charge < -0.3 is 15.0 Å². The van der Waals surface area contributed by atoms with E-state index in [-0.39, 0.29) is 12.5 Å². The quantitative estimate of drug-likeness (QED) is 0.674. The number of benzene rings is 1. The molecule has 3 heterocycles. The number of amides is 1. The third-order valence-corrected chi connectivity index (χ3v) is 4.97. The molecule has 1 N–H and O–H groups in total. The van der Waals surface area contributed by atoms with Gasteiger partial charge in [0, 0.05) is 50.3 Å². The van der Waals surface area contributed by atoms with Crippen molar-refractivity contribution in [3.8, 4) is 0 Å². The maximum absolute atomic E-state index is 12.5. The number of anilines is 1. The van der Waals surface area contributed by atoms with Crippen molar-refractivity contribution < 1.29 is 9.53 Å². The summed E-state index contributed by atoms with van der Waals surface area (Å²) in [7, 11) is 1.80. The molecular weight excluding hydrogens is 356 g/mol. The number of carbonyl (C=O) groups is 1. The Hall–Kier alpha value is -3.00. The van der Waals surface area contributed by atoms with Crippen molar-refractivity contribution in [3.05, 3.63) is 48.5 Å². The lowest BCUT2D eigenvalue weighted by molar-refractivity contribution is -0.130. The van der Waals surface area contributed by atoms with Gasteiger partial charge in [-0.3, -0.25) is 9.48 Å². The smallest absolute Gasteiger partial charge is 0.244 e. The summed E-state index contributed by atoms with van der Waals surface area (Å²) in [5, 5.41) is 8.74. The molecule has 0 aliphatic carbocycles. The molecule has 28 heavy (non-hydrogen) atoms. The molecule has 1 aliphatic rings. The fourth-order valence-electron chi connectivity index (χ4n) is 3.29. The molecule has 1 amide bonds. The van der Waals surface area contributed by atoms with Crippen LogP contribution in [0.3, 0.4) is 0 Å². The van der Waals surface area contributed by atoms with Gasteiger partial charge in [-0.1, -0.05) is 18.2 Å². The molecule has 0 saturated carbocycles. The van der Waals surface area contributed by atoms with E-state index in [9.17, 15) is 4.79 Å². The van der Waals surface area contributed by atoms with Gasteiger partial charge in [-0.25, -0.2) is 9.97 Å². The van der Waals surface area contributed by atoms with Gasteiger partial charge in [-0.2, -0.15) is 5.10 Å². The highest BCUT2D eigenvalue weighted by molar-refractivity contribution is 5.79. The standard InChI is InChI=1S/C20H24N6O2/c1-25(20(27)12-26-11-15-4-2-3-5-17(15)24-26)8-7-21-19-10-18(22-14-23-19)16-6-9-28-13-16/h2-5,10-11,14,16H,6-9,12-13H2,1H3,(H,21,22,23). The van der Waals surface area contributed by atoms with E-state index in [1.807, 2.05) is 36.5 Å². The third-order valence-electron chi connectivity index (χ3n) is 4.97. The Labute approximate surface area is 163 Å². The molecule has 1 atom stereocenters. The summed E-state index contributed by atoms with van der Waals surface area (Å²) in [4.78, 5) is 22.8. The molecular formula is C20H24N6O2. The van der Waals surface area contributed by atoms with Gasteiger partial charge in [0.2, 0.25) is 5.91 Å². The lowest BCUT2D eigenvalue weighted by Crippen LogP contribution is -2.34. The SMILES string of the molecule is CN(CCNc1cc(C2CCOC2)ncn1)C(=O)Cn1cc2ccccc2n1. The Bertz CT molecular complexity index is 918. The highest BCUT2D eigenvalue weighted by atomic mass is 16.5. The van der Waals surface area contributed by atoms with E-state index < -0.39 is 0 Å². The highest BCUT2D eigenvalue weighted by Crippen LogP contribution is 2.24. The van der Waals surface area contributed by atoms with Crippen LogP contribution in [0.15, 0.2) is 42.9 Å².